The van der Waals surface area contributed by atoms with Gasteiger partial charge in [-0.1, -0.05) is 28.1 Å². The molecule has 0 saturated heterocycles. The van der Waals surface area contributed by atoms with E-state index in [1.165, 1.54) is 0 Å². The first-order valence-corrected chi connectivity index (χ1v) is 7.68. The SMILES string of the molecule is Fc1cc(Br)cc(F)c1F.Fc1cc(C2CC=CC2)cc(F)c1F. The molecule has 0 bridgehead atoms. The Bertz CT molecular complexity index is 718. The number of rotatable bonds is 1. The fourth-order valence-electron chi connectivity index (χ4n) is 2.22. The zero-order valence-corrected chi connectivity index (χ0v) is 13.7. The standard InChI is InChI=1S/C11H9F3.C6H2BrF3/c12-9-5-8(6-10(13)11(9)14)7-3-1-2-4-7;7-3-1-4(8)6(10)5(9)2-3/h1-2,5-7H,3-4H2;1-2H. The highest BCUT2D eigenvalue weighted by molar-refractivity contribution is 9.10. The van der Waals surface area contributed by atoms with Crippen LogP contribution in [0.1, 0.15) is 24.3 Å². The van der Waals surface area contributed by atoms with Crippen LogP contribution >= 0.6 is 15.9 Å². The topological polar surface area (TPSA) is 0 Å². The molecule has 0 aliphatic heterocycles. The second-order valence-electron chi connectivity index (χ2n) is 5.12. The van der Waals surface area contributed by atoms with E-state index in [2.05, 4.69) is 15.9 Å². The summed E-state index contributed by atoms with van der Waals surface area (Å²) < 4.78 is 75.1. The van der Waals surface area contributed by atoms with E-state index < -0.39 is 34.9 Å². The molecule has 3 rings (SSSR count). The molecule has 1 aliphatic rings. The Kier molecular flexibility index (Phi) is 6.10. The summed E-state index contributed by atoms with van der Waals surface area (Å²) >= 11 is 2.80. The zero-order chi connectivity index (χ0) is 17.9. The smallest absolute Gasteiger partial charge is 0.194 e. The minimum absolute atomic E-state index is 0.0969. The molecule has 0 heterocycles. The summed E-state index contributed by atoms with van der Waals surface area (Å²) in [5, 5.41) is 0. The van der Waals surface area contributed by atoms with Crippen molar-refractivity contribution in [2.75, 3.05) is 0 Å². The summed E-state index contributed by atoms with van der Waals surface area (Å²) in [6, 6.07) is 3.88. The maximum atomic E-state index is 12.9. The Balaban J connectivity index is 0.000000185. The summed E-state index contributed by atoms with van der Waals surface area (Å²) in [4.78, 5) is 0. The van der Waals surface area contributed by atoms with Crippen molar-refractivity contribution in [3.8, 4) is 0 Å². The van der Waals surface area contributed by atoms with Crippen LogP contribution in [0.5, 0.6) is 0 Å². The Hall–Kier alpha value is -1.76. The summed E-state index contributed by atoms with van der Waals surface area (Å²) in [5.41, 5.74) is 0.534. The van der Waals surface area contributed by atoms with E-state index in [0.717, 1.165) is 37.1 Å². The minimum Gasteiger partial charge on any atom is -0.204 e. The van der Waals surface area contributed by atoms with Crippen LogP contribution in [-0.2, 0) is 0 Å². The lowest BCUT2D eigenvalue weighted by molar-refractivity contribution is 0.443. The molecule has 0 aromatic heterocycles. The van der Waals surface area contributed by atoms with Gasteiger partial charge in [-0.3, -0.25) is 0 Å². The van der Waals surface area contributed by atoms with Gasteiger partial charge in [-0.15, -0.1) is 0 Å². The van der Waals surface area contributed by atoms with Gasteiger partial charge in [0.1, 0.15) is 0 Å². The average molecular weight is 409 g/mol. The lowest BCUT2D eigenvalue weighted by Crippen LogP contribution is -1.98. The van der Waals surface area contributed by atoms with Crippen molar-refractivity contribution >= 4 is 15.9 Å². The van der Waals surface area contributed by atoms with Gasteiger partial charge in [0.05, 0.1) is 0 Å². The predicted molar refractivity (Wildman–Crippen MR) is 81.4 cm³/mol. The fourth-order valence-corrected chi connectivity index (χ4v) is 2.63. The van der Waals surface area contributed by atoms with Crippen LogP contribution in [0, 0.1) is 34.9 Å². The van der Waals surface area contributed by atoms with Gasteiger partial charge in [-0.2, -0.15) is 0 Å². The van der Waals surface area contributed by atoms with Crippen molar-refractivity contribution in [2.45, 2.75) is 18.8 Å². The molecule has 24 heavy (non-hydrogen) atoms. The summed E-state index contributed by atoms with van der Waals surface area (Å²) in [7, 11) is 0. The van der Waals surface area contributed by atoms with Gasteiger partial charge < -0.3 is 0 Å². The fraction of sp³-hybridized carbons (Fsp3) is 0.176. The van der Waals surface area contributed by atoms with Crippen molar-refractivity contribution < 1.29 is 26.3 Å². The Morgan fingerprint density at radius 3 is 1.46 bits per heavy atom. The van der Waals surface area contributed by atoms with E-state index in [-0.39, 0.29) is 10.4 Å². The van der Waals surface area contributed by atoms with Crippen molar-refractivity contribution in [1.29, 1.82) is 0 Å². The first-order valence-electron chi connectivity index (χ1n) is 6.89. The number of benzene rings is 2. The van der Waals surface area contributed by atoms with Crippen LogP contribution in [0.15, 0.2) is 40.9 Å². The molecule has 0 unspecified atom stereocenters. The quantitative estimate of drug-likeness (QED) is 0.221. The van der Waals surface area contributed by atoms with Crippen molar-refractivity contribution in [1.82, 2.24) is 0 Å². The minimum atomic E-state index is -1.44. The van der Waals surface area contributed by atoms with E-state index in [9.17, 15) is 26.3 Å². The zero-order valence-electron chi connectivity index (χ0n) is 12.1. The molecular weight excluding hydrogens is 398 g/mol. The largest absolute Gasteiger partial charge is 0.204 e. The number of allylic oxidation sites excluding steroid dienone is 2. The summed E-state index contributed by atoms with van der Waals surface area (Å²) in [6.45, 7) is 0. The molecule has 7 heteroatoms. The molecule has 0 atom stereocenters. The normalized spacial score (nSPS) is 13.8. The van der Waals surface area contributed by atoms with Crippen molar-refractivity contribution in [3.05, 3.63) is 81.4 Å². The van der Waals surface area contributed by atoms with Crippen molar-refractivity contribution in [3.63, 3.8) is 0 Å². The second-order valence-corrected chi connectivity index (χ2v) is 6.04. The number of halogens is 7. The molecule has 0 saturated carbocycles. The van der Waals surface area contributed by atoms with Crippen molar-refractivity contribution in [2.24, 2.45) is 0 Å². The first-order chi connectivity index (χ1) is 11.3. The maximum absolute atomic E-state index is 12.9. The molecule has 0 nitrogen and oxygen atoms in total. The van der Waals surface area contributed by atoms with Gasteiger partial charge in [-0.05, 0) is 48.6 Å². The number of hydrogen-bond acceptors (Lipinski definition) is 0. The van der Waals surface area contributed by atoms with Gasteiger partial charge in [-0.25, -0.2) is 26.3 Å². The molecule has 0 N–H and O–H groups in total. The predicted octanol–water partition coefficient (Wildman–Crippen LogP) is 6.40. The molecular formula is C17H11BrF6. The lowest BCUT2D eigenvalue weighted by atomic mass is 9.97. The van der Waals surface area contributed by atoms with Gasteiger partial charge in [0.15, 0.2) is 34.9 Å². The van der Waals surface area contributed by atoms with Gasteiger partial charge in [0.2, 0.25) is 0 Å². The summed E-state index contributed by atoms with van der Waals surface area (Å²) in [6.07, 6.45) is 5.46. The third-order valence-electron chi connectivity index (χ3n) is 3.43. The van der Waals surface area contributed by atoms with E-state index in [0.29, 0.717) is 5.56 Å². The lowest BCUT2D eigenvalue weighted by Gasteiger charge is -2.09. The molecule has 128 valence electrons. The van der Waals surface area contributed by atoms with Gasteiger partial charge in [0, 0.05) is 4.47 Å². The Labute approximate surface area is 142 Å². The molecule has 2 aromatic rings. The van der Waals surface area contributed by atoms with Crippen LogP contribution < -0.4 is 0 Å². The second kappa shape index (κ2) is 7.88. The Morgan fingerprint density at radius 2 is 1.04 bits per heavy atom. The molecule has 0 spiro atoms. The van der Waals surface area contributed by atoms with Crippen LogP contribution in [-0.4, -0.2) is 0 Å². The highest BCUT2D eigenvalue weighted by Gasteiger charge is 2.17. The molecule has 0 amide bonds. The molecule has 0 radical (unpaired) electrons. The van der Waals surface area contributed by atoms with Crippen LogP contribution in [0.2, 0.25) is 0 Å². The van der Waals surface area contributed by atoms with E-state index in [1.54, 1.807) is 0 Å². The highest BCUT2D eigenvalue weighted by Crippen LogP contribution is 2.30. The first kappa shape index (κ1) is 18.6. The van der Waals surface area contributed by atoms with Crippen LogP contribution in [0.3, 0.4) is 0 Å². The maximum Gasteiger partial charge on any atom is 0.194 e. The number of hydrogen-bond donors (Lipinski definition) is 0. The third-order valence-corrected chi connectivity index (χ3v) is 3.89. The summed E-state index contributed by atoms with van der Waals surface area (Å²) in [5.74, 6) is -7.32. The van der Waals surface area contributed by atoms with E-state index >= 15 is 0 Å². The molecule has 0 fully saturated rings. The van der Waals surface area contributed by atoms with Crippen LogP contribution in [0.4, 0.5) is 26.3 Å². The third kappa shape index (κ3) is 4.41. The molecule has 2 aromatic carbocycles. The van der Waals surface area contributed by atoms with E-state index in [4.69, 9.17) is 0 Å². The van der Waals surface area contributed by atoms with E-state index in [1.807, 2.05) is 12.2 Å². The highest BCUT2D eigenvalue weighted by atomic mass is 79.9. The monoisotopic (exact) mass is 408 g/mol. The van der Waals surface area contributed by atoms with Gasteiger partial charge >= 0.3 is 0 Å². The average Bonchev–Trinajstić information content (AvgIpc) is 3.04. The molecule has 1 aliphatic carbocycles. The van der Waals surface area contributed by atoms with Gasteiger partial charge in [0.25, 0.3) is 0 Å². The Morgan fingerprint density at radius 1 is 0.667 bits per heavy atom. The van der Waals surface area contributed by atoms with Crippen LogP contribution in [0.25, 0.3) is 0 Å².